The molecule has 0 atom stereocenters. The second kappa shape index (κ2) is 6.27. The lowest BCUT2D eigenvalue weighted by Crippen LogP contribution is -1.95. The SMILES string of the molecule is CCc1nnc(CSc2nnc(-c3ccc(F)cc3)n2C)o1. The average Bonchev–Trinajstić information content (AvgIpc) is 3.13. The van der Waals surface area contributed by atoms with E-state index in [1.807, 2.05) is 18.5 Å². The molecule has 0 aliphatic rings. The van der Waals surface area contributed by atoms with Gasteiger partial charge in [-0.25, -0.2) is 4.39 Å². The van der Waals surface area contributed by atoms with E-state index in [2.05, 4.69) is 20.4 Å². The van der Waals surface area contributed by atoms with Crippen LogP contribution < -0.4 is 0 Å². The van der Waals surface area contributed by atoms with Crippen LogP contribution in [-0.4, -0.2) is 25.0 Å². The number of nitrogens with zero attached hydrogens (tertiary/aromatic N) is 5. The van der Waals surface area contributed by atoms with Crippen LogP contribution in [0.15, 0.2) is 33.8 Å². The van der Waals surface area contributed by atoms with Crippen LogP contribution in [0.4, 0.5) is 4.39 Å². The molecule has 3 rings (SSSR count). The van der Waals surface area contributed by atoms with Crippen molar-refractivity contribution in [3.05, 3.63) is 41.9 Å². The lowest BCUT2D eigenvalue weighted by Gasteiger charge is -2.02. The molecule has 22 heavy (non-hydrogen) atoms. The molecule has 1 aromatic carbocycles. The maximum absolute atomic E-state index is 13.0. The van der Waals surface area contributed by atoms with E-state index in [4.69, 9.17) is 4.42 Å². The van der Waals surface area contributed by atoms with Crippen LogP contribution in [0.3, 0.4) is 0 Å². The summed E-state index contributed by atoms with van der Waals surface area (Å²) >= 11 is 1.46. The fourth-order valence-electron chi connectivity index (χ4n) is 1.91. The summed E-state index contributed by atoms with van der Waals surface area (Å²) in [5.41, 5.74) is 0.814. The highest BCUT2D eigenvalue weighted by molar-refractivity contribution is 7.98. The molecule has 0 aliphatic carbocycles. The standard InChI is InChI=1S/C14H14FN5OS/c1-3-11-16-17-12(21-11)8-22-14-19-18-13(20(14)2)9-4-6-10(15)7-5-9/h4-7H,3,8H2,1-2H3. The summed E-state index contributed by atoms with van der Waals surface area (Å²) in [6.45, 7) is 1.96. The smallest absolute Gasteiger partial charge is 0.226 e. The average molecular weight is 319 g/mol. The predicted octanol–water partition coefficient (Wildman–Crippen LogP) is 2.86. The van der Waals surface area contributed by atoms with Gasteiger partial charge in [-0.15, -0.1) is 20.4 Å². The lowest BCUT2D eigenvalue weighted by atomic mass is 10.2. The number of benzene rings is 1. The molecule has 3 aromatic rings. The molecular weight excluding hydrogens is 305 g/mol. The molecule has 6 nitrogen and oxygen atoms in total. The van der Waals surface area contributed by atoms with Gasteiger partial charge in [-0.05, 0) is 24.3 Å². The predicted molar refractivity (Wildman–Crippen MR) is 79.6 cm³/mol. The van der Waals surface area contributed by atoms with Crippen LogP contribution in [0.2, 0.25) is 0 Å². The summed E-state index contributed by atoms with van der Waals surface area (Å²) in [5, 5.41) is 16.9. The van der Waals surface area contributed by atoms with Gasteiger partial charge in [-0.3, -0.25) is 0 Å². The quantitative estimate of drug-likeness (QED) is 0.674. The van der Waals surface area contributed by atoms with E-state index in [9.17, 15) is 4.39 Å². The van der Waals surface area contributed by atoms with E-state index >= 15 is 0 Å². The number of aromatic nitrogens is 5. The molecule has 0 aliphatic heterocycles. The largest absolute Gasteiger partial charge is 0.424 e. The minimum atomic E-state index is -0.274. The van der Waals surface area contributed by atoms with Gasteiger partial charge in [0, 0.05) is 19.0 Å². The first-order valence-electron chi connectivity index (χ1n) is 6.76. The van der Waals surface area contributed by atoms with Crippen molar-refractivity contribution in [1.29, 1.82) is 0 Å². The Bertz CT molecular complexity index is 768. The van der Waals surface area contributed by atoms with Crippen molar-refractivity contribution in [2.75, 3.05) is 0 Å². The third-order valence-corrected chi connectivity index (χ3v) is 4.08. The van der Waals surface area contributed by atoms with Gasteiger partial charge in [0.15, 0.2) is 11.0 Å². The summed E-state index contributed by atoms with van der Waals surface area (Å²) in [5.74, 6) is 2.13. The Balaban J connectivity index is 1.74. The van der Waals surface area contributed by atoms with E-state index in [1.165, 1.54) is 23.9 Å². The summed E-state index contributed by atoms with van der Waals surface area (Å²) < 4.78 is 20.3. The first-order valence-corrected chi connectivity index (χ1v) is 7.75. The van der Waals surface area contributed by atoms with Crippen LogP contribution in [0.25, 0.3) is 11.4 Å². The Morgan fingerprint density at radius 2 is 1.82 bits per heavy atom. The maximum Gasteiger partial charge on any atom is 0.226 e. The molecule has 0 saturated carbocycles. The van der Waals surface area contributed by atoms with Gasteiger partial charge in [-0.1, -0.05) is 18.7 Å². The molecule has 0 saturated heterocycles. The van der Waals surface area contributed by atoms with Gasteiger partial charge in [0.05, 0.1) is 5.75 Å². The van der Waals surface area contributed by atoms with Crippen LogP contribution >= 0.6 is 11.8 Å². The third-order valence-electron chi connectivity index (χ3n) is 3.07. The number of rotatable bonds is 5. The van der Waals surface area contributed by atoms with Gasteiger partial charge >= 0.3 is 0 Å². The molecule has 2 heterocycles. The fourth-order valence-corrected chi connectivity index (χ4v) is 2.65. The van der Waals surface area contributed by atoms with Gasteiger partial charge in [0.25, 0.3) is 0 Å². The van der Waals surface area contributed by atoms with Crippen LogP contribution in [0.5, 0.6) is 0 Å². The van der Waals surface area contributed by atoms with Gasteiger partial charge in [0.1, 0.15) is 5.82 Å². The fraction of sp³-hybridized carbons (Fsp3) is 0.286. The van der Waals surface area contributed by atoms with Gasteiger partial charge < -0.3 is 8.98 Å². The number of thioether (sulfide) groups is 1. The molecule has 0 spiro atoms. The first-order chi connectivity index (χ1) is 10.7. The van der Waals surface area contributed by atoms with Crippen LogP contribution in [0.1, 0.15) is 18.7 Å². The summed E-state index contributed by atoms with van der Waals surface area (Å²) in [6.07, 6.45) is 0.719. The van der Waals surface area contributed by atoms with E-state index < -0.39 is 0 Å². The second-order valence-electron chi connectivity index (χ2n) is 4.60. The zero-order chi connectivity index (χ0) is 15.5. The molecule has 0 amide bonds. The Hall–Kier alpha value is -2.22. The van der Waals surface area contributed by atoms with Crippen molar-refractivity contribution >= 4 is 11.8 Å². The highest BCUT2D eigenvalue weighted by Crippen LogP contribution is 2.25. The zero-order valence-corrected chi connectivity index (χ0v) is 13.0. The van der Waals surface area contributed by atoms with Gasteiger partial charge in [-0.2, -0.15) is 0 Å². The monoisotopic (exact) mass is 319 g/mol. The number of hydrogen-bond acceptors (Lipinski definition) is 6. The molecular formula is C14H14FN5OS. The first kappa shape index (κ1) is 14.7. The minimum Gasteiger partial charge on any atom is -0.424 e. The van der Waals surface area contributed by atoms with Crippen molar-refractivity contribution in [2.45, 2.75) is 24.3 Å². The second-order valence-corrected chi connectivity index (χ2v) is 5.55. The Morgan fingerprint density at radius 1 is 1.09 bits per heavy atom. The van der Waals surface area contributed by atoms with Crippen molar-refractivity contribution in [3.63, 3.8) is 0 Å². The molecule has 0 radical (unpaired) electrons. The summed E-state index contributed by atoms with van der Waals surface area (Å²) in [4.78, 5) is 0. The molecule has 0 unspecified atom stereocenters. The van der Waals surface area contributed by atoms with Gasteiger partial charge in [0.2, 0.25) is 11.8 Å². The Kier molecular flexibility index (Phi) is 4.19. The molecule has 0 fully saturated rings. The van der Waals surface area contributed by atoms with E-state index in [-0.39, 0.29) is 5.82 Å². The molecule has 0 N–H and O–H groups in total. The summed E-state index contributed by atoms with van der Waals surface area (Å²) in [6, 6.07) is 6.17. The number of hydrogen-bond donors (Lipinski definition) is 0. The third kappa shape index (κ3) is 3.01. The van der Waals surface area contributed by atoms with Crippen molar-refractivity contribution in [1.82, 2.24) is 25.0 Å². The Labute approximate surface area is 130 Å². The molecule has 2 aromatic heterocycles. The van der Waals surface area contributed by atoms with Crippen molar-refractivity contribution < 1.29 is 8.81 Å². The molecule has 8 heteroatoms. The van der Waals surface area contributed by atoms with E-state index in [0.717, 1.165) is 17.1 Å². The van der Waals surface area contributed by atoms with Crippen LogP contribution in [0, 0.1) is 5.82 Å². The number of halogens is 1. The lowest BCUT2D eigenvalue weighted by molar-refractivity contribution is 0.469. The maximum atomic E-state index is 13.0. The topological polar surface area (TPSA) is 69.6 Å². The zero-order valence-electron chi connectivity index (χ0n) is 12.2. The summed E-state index contributed by atoms with van der Waals surface area (Å²) in [7, 11) is 1.87. The van der Waals surface area contributed by atoms with Crippen molar-refractivity contribution in [2.24, 2.45) is 7.05 Å². The highest BCUT2D eigenvalue weighted by Gasteiger charge is 2.13. The highest BCUT2D eigenvalue weighted by atomic mass is 32.2. The van der Waals surface area contributed by atoms with E-state index in [0.29, 0.717) is 23.4 Å². The molecule has 114 valence electrons. The minimum absolute atomic E-state index is 0.274. The van der Waals surface area contributed by atoms with Crippen LogP contribution in [-0.2, 0) is 19.2 Å². The number of aryl methyl sites for hydroxylation is 1. The molecule has 0 bridgehead atoms. The Morgan fingerprint density at radius 3 is 2.50 bits per heavy atom. The van der Waals surface area contributed by atoms with E-state index in [1.54, 1.807) is 12.1 Å². The van der Waals surface area contributed by atoms with Crippen molar-refractivity contribution in [3.8, 4) is 11.4 Å². The normalized spacial score (nSPS) is 11.0.